The summed E-state index contributed by atoms with van der Waals surface area (Å²) < 4.78 is 0. The normalized spacial score (nSPS) is 10.7. The summed E-state index contributed by atoms with van der Waals surface area (Å²) >= 11 is 0. The lowest BCUT2D eigenvalue weighted by molar-refractivity contribution is 0.102. The second kappa shape index (κ2) is 7.77. The molecule has 23 heavy (non-hydrogen) atoms. The van der Waals surface area contributed by atoms with Gasteiger partial charge in [0, 0.05) is 24.1 Å². The largest absolute Gasteiger partial charge is 0.385 e. The monoisotopic (exact) mass is 311 g/mol. The van der Waals surface area contributed by atoms with E-state index in [9.17, 15) is 4.79 Å². The molecule has 0 radical (unpaired) electrons. The van der Waals surface area contributed by atoms with Crippen LogP contribution in [-0.4, -0.2) is 17.4 Å². The minimum absolute atomic E-state index is 0.185. The number of carbonyl (C=O) groups is 1. The number of aromatic nitrogens is 1. The number of pyridine rings is 1. The first-order chi connectivity index (χ1) is 11.0. The molecule has 0 bridgehead atoms. The summed E-state index contributed by atoms with van der Waals surface area (Å²) in [6.45, 7) is 9.24. The molecule has 0 saturated carbocycles. The first kappa shape index (κ1) is 17.0. The molecule has 0 saturated heterocycles. The molecular formula is C19H25N3O. The SMILES string of the molecule is Cc1cccc(C)c1NC(=O)c1cc(NCCC(C)C)ccn1. The van der Waals surface area contributed by atoms with Gasteiger partial charge in [-0.1, -0.05) is 32.0 Å². The molecule has 0 fully saturated rings. The maximum Gasteiger partial charge on any atom is 0.274 e. The average molecular weight is 311 g/mol. The van der Waals surface area contributed by atoms with Crippen LogP contribution in [-0.2, 0) is 0 Å². The Labute approximate surface area is 138 Å². The number of nitrogens with one attached hydrogen (secondary N) is 2. The highest BCUT2D eigenvalue weighted by Gasteiger charge is 2.11. The van der Waals surface area contributed by atoms with Crippen molar-refractivity contribution in [1.29, 1.82) is 0 Å². The summed E-state index contributed by atoms with van der Waals surface area (Å²) in [7, 11) is 0. The Hall–Kier alpha value is -2.36. The van der Waals surface area contributed by atoms with Crippen LogP contribution in [0.25, 0.3) is 0 Å². The van der Waals surface area contributed by atoms with E-state index >= 15 is 0 Å². The minimum atomic E-state index is -0.185. The zero-order valence-corrected chi connectivity index (χ0v) is 14.3. The van der Waals surface area contributed by atoms with Gasteiger partial charge in [0.25, 0.3) is 5.91 Å². The van der Waals surface area contributed by atoms with Crippen LogP contribution in [0, 0.1) is 19.8 Å². The van der Waals surface area contributed by atoms with Gasteiger partial charge < -0.3 is 10.6 Å². The summed E-state index contributed by atoms with van der Waals surface area (Å²) in [6.07, 6.45) is 2.75. The molecule has 2 N–H and O–H groups in total. The fourth-order valence-corrected chi connectivity index (χ4v) is 2.36. The van der Waals surface area contributed by atoms with Crippen molar-refractivity contribution in [3.63, 3.8) is 0 Å². The van der Waals surface area contributed by atoms with Crippen molar-refractivity contribution in [1.82, 2.24) is 4.98 Å². The molecule has 0 atom stereocenters. The third kappa shape index (κ3) is 4.81. The predicted octanol–water partition coefficient (Wildman–Crippen LogP) is 4.41. The van der Waals surface area contributed by atoms with Crippen molar-refractivity contribution in [3.8, 4) is 0 Å². The van der Waals surface area contributed by atoms with E-state index in [4.69, 9.17) is 0 Å². The number of carbonyl (C=O) groups excluding carboxylic acids is 1. The Kier molecular flexibility index (Phi) is 5.74. The summed E-state index contributed by atoms with van der Waals surface area (Å²) in [4.78, 5) is 16.6. The summed E-state index contributed by atoms with van der Waals surface area (Å²) in [5.74, 6) is 0.464. The number of amides is 1. The van der Waals surface area contributed by atoms with Gasteiger partial charge in [-0.3, -0.25) is 9.78 Å². The van der Waals surface area contributed by atoms with E-state index < -0.39 is 0 Å². The molecule has 1 aromatic carbocycles. The Bertz CT molecular complexity index is 660. The topological polar surface area (TPSA) is 54.0 Å². The molecule has 4 heteroatoms. The molecule has 122 valence electrons. The molecule has 0 aliphatic heterocycles. The van der Waals surface area contributed by atoms with Crippen LogP contribution in [0.1, 0.15) is 41.9 Å². The van der Waals surface area contributed by atoms with Crippen molar-refractivity contribution in [2.75, 3.05) is 17.2 Å². The summed E-state index contributed by atoms with van der Waals surface area (Å²) in [5, 5.41) is 6.30. The molecule has 1 aromatic heterocycles. The van der Waals surface area contributed by atoms with Crippen LogP contribution in [0.15, 0.2) is 36.5 Å². The maximum absolute atomic E-state index is 12.5. The Morgan fingerprint density at radius 1 is 1.17 bits per heavy atom. The highest BCUT2D eigenvalue weighted by Crippen LogP contribution is 2.20. The number of benzene rings is 1. The Morgan fingerprint density at radius 3 is 2.52 bits per heavy atom. The maximum atomic E-state index is 12.5. The number of hydrogen-bond acceptors (Lipinski definition) is 3. The molecule has 2 aromatic rings. The van der Waals surface area contributed by atoms with Crippen molar-refractivity contribution >= 4 is 17.3 Å². The quantitative estimate of drug-likeness (QED) is 0.831. The fraction of sp³-hybridized carbons (Fsp3) is 0.368. The number of anilines is 2. The zero-order valence-electron chi connectivity index (χ0n) is 14.3. The second-order valence-electron chi connectivity index (χ2n) is 6.26. The lowest BCUT2D eigenvalue weighted by Crippen LogP contribution is -2.16. The minimum Gasteiger partial charge on any atom is -0.385 e. The van der Waals surface area contributed by atoms with Gasteiger partial charge in [-0.25, -0.2) is 0 Å². The van der Waals surface area contributed by atoms with Gasteiger partial charge in [-0.05, 0) is 49.4 Å². The Balaban J connectivity index is 2.08. The summed E-state index contributed by atoms with van der Waals surface area (Å²) in [6, 6.07) is 9.64. The number of nitrogens with zero attached hydrogens (tertiary/aromatic N) is 1. The van der Waals surface area contributed by atoms with Crippen molar-refractivity contribution in [2.45, 2.75) is 34.1 Å². The van der Waals surface area contributed by atoms with Crippen molar-refractivity contribution in [2.24, 2.45) is 5.92 Å². The van der Waals surface area contributed by atoms with Gasteiger partial charge >= 0.3 is 0 Å². The van der Waals surface area contributed by atoms with E-state index in [0.29, 0.717) is 11.6 Å². The van der Waals surface area contributed by atoms with E-state index in [1.807, 2.05) is 38.1 Å². The number of aryl methyl sites for hydroxylation is 2. The fourth-order valence-electron chi connectivity index (χ4n) is 2.36. The third-order valence-corrected chi connectivity index (χ3v) is 3.76. The van der Waals surface area contributed by atoms with E-state index in [2.05, 4.69) is 29.5 Å². The van der Waals surface area contributed by atoms with Crippen LogP contribution in [0.5, 0.6) is 0 Å². The first-order valence-corrected chi connectivity index (χ1v) is 8.05. The molecule has 0 aliphatic rings. The van der Waals surface area contributed by atoms with E-state index in [0.717, 1.165) is 35.5 Å². The van der Waals surface area contributed by atoms with Crippen LogP contribution in [0.2, 0.25) is 0 Å². The van der Waals surface area contributed by atoms with Crippen LogP contribution in [0.3, 0.4) is 0 Å². The van der Waals surface area contributed by atoms with Gasteiger partial charge in [-0.15, -0.1) is 0 Å². The van der Waals surface area contributed by atoms with Gasteiger partial charge in [0.15, 0.2) is 0 Å². The molecule has 0 aliphatic carbocycles. The smallest absolute Gasteiger partial charge is 0.274 e. The third-order valence-electron chi connectivity index (χ3n) is 3.76. The Morgan fingerprint density at radius 2 is 1.87 bits per heavy atom. The standard InChI is InChI=1S/C19H25N3O/c1-13(2)8-10-20-16-9-11-21-17(12-16)19(23)22-18-14(3)6-5-7-15(18)4/h5-7,9,11-13H,8,10H2,1-4H3,(H,20,21)(H,22,23). The lowest BCUT2D eigenvalue weighted by atomic mass is 10.1. The molecular weight excluding hydrogens is 286 g/mol. The van der Waals surface area contributed by atoms with Crippen molar-refractivity contribution < 1.29 is 4.79 Å². The molecule has 0 spiro atoms. The van der Waals surface area contributed by atoms with Crippen LogP contribution >= 0.6 is 0 Å². The summed E-state index contributed by atoms with van der Waals surface area (Å²) in [5.41, 5.74) is 4.29. The van der Waals surface area contributed by atoms with Gasteiger partial charge in [-0.2, -0.15) is 0 Å². The molecule has 1 amide bonds. The number of rotatable bonds is 6. The first-order valence-electron chi connectivity index (χ1n) is 8.05. The van der Waals surface area contributed by atoms with E-state index in [1.165, 1.54) is 0 Å². The highest BCUT2D eigenvalue weighted by atomic mass is 16.1. The lowest BCUT2D eigenvalue weighted by Gasteiger charge is -2.12. The van der Waals surface area contributed by atoms with Gasteiger partial charge in [0.1, 0.15) is 5.69 Å². The van der Waals surface area contributed by atoms with Crippen LogP contribution < -0.4 is 10.6 Å². The molecule has 2 rings (SSSR count). The van der Waals surface area contributed by atoms with Gasteiger partial charge in [0.05, 0.1) is 0 Å². The zero-order chi connectivity index (χ0) is 16.8. The number of para-hydroxylation sites is 1. The van der Waals surface area contributed by atoms with E-state index in [1.54, 1.807) is 12.3 Å². The molecule has 0 unspecified atom stereocenters. The van der Waals surface area contributed by atoms with E-state index in [-0.39, 0.29) is 5.91 Å². The second-order valence-corrected chi connectivity index (χ2v) is 6.26. The highest BCUT2D eigenvalue weighted by molar-refractivity contribution is 6.04. The van der Waals surface area contributed by atoms with Crippen molar-refractivity contribution in [3.05, 3.63) is 53.3 Å². The van der Waals surface area contributed by atoms with Crippen LogP contribution in [0.4, 0.5) is 11.4 Å². The van der Waals surface area contributed by atoms with Gasteiger partial charge in [0.2, 0.25) is 0 Å². The average Bonchev–Trinajstić information content (AvgIpc) is 2.51. The number of hydrogen-bond donors (Lipinski definition) is 2. The predicted molar refractivity (Wildman–Crippen MR) is 96.1 cm³/mol. The molecule has 1 heterocycles. The molecule has 4 nitrogen and oxygen atoms in total.